The molecule has 0 spiro atoms. The molecular weight excluding hydrogens is 140 g/mol. The van der Waals surface area contributed by atoms with Crippen molar-refractivity contribution in [3.63, 3.8) is 0 Å². The van der Waals surface area contributed by atoms with E-state index in [-0.39, 0.29) is 18.4 Å². The Morgan fingerprint density at radius 1 is 1.67 bits per heavy atom. The van der Waals surface area contributed by atoms with E-state index in [0.29, 0.717) is 18.0 Å². The van der Waals surface area contributed by atoms with Gasteiger partial charge < -0.3 is 8.95 Å². The van der Waals surface area contributed by atoms with Crippen LogP contribution in [0.5, 0.6) is 0 Å². The summed E-state index contributed by atoms with van der Waals surface area (Å²) in [5.41, 5.74) is 0. The standard InChI is InChI=1S/H8N2Si4/c1-3-5-2-6-4-1/h1,5H,3-4,6H2. The average molecular weight is 148 g/mol. The third kappa shape index (κ3) is 1.39. The molecule has 1 aliphatic heterocycles. The van der Waals surface area contributed by atoms with E-state index in [0.717, 1.165) is 0 Å². The van der Waals surface area contributed by atoms with Crippen LogP contribution in [-0.2, 0) is 0 Å². The molecule has 0 aromatic carbocycles. The molecule has 1 heterocycles. The van der Waals surface area contributed by atoms with Crippen LogP contribution < -0.4 is 4.65 Å². The summed E-state index contributed by atoms with van der Waals surface area (Å²) in [5, 5.41) is 0. The molecule has 0 amide bonds. The monoisotopic (exact) mass is 148 g/mol. The first kappa shape index (κ1) is 4.78. The summed E-state index contributed by atoms with van der Waals surface area (Å²) < 4.78 is 8.03. The van der Waals surface area contributed by atoms with Gasteiger partial charge in [0.2, 0.25) is 0 Å². The predicted molar refractivity (Wildman–Crippen MR) is 38.3 cm³/mol. The fraction of sp³-hybridized carbons (Fsp3) is 0. The Bertz CT molecular complexity index is 50.6. The van der Waals surface area contributed by atoms with Crippen LogP contribution in [0, 0.1) is 0 Å². The maximum Gasteiger partial charge on any atom is 0.135 e. The fourth-order valence-corrected chi connectivity index (χ4v) is 23.0. The smallest absolute Gasteiger partial charge is 0.135 e. The van der Waals surface area contributed by atoms with Crippen LogP contribution in [0.3, 0.4) is 0 Å². The molecule has 0 fully saturated rings. The van der Waals surface area contributed by atoms with Gasteiger partial charge in [0.05, 0.1) is 18.0 Å². The highest BCUT2D eigenvalue weighted by Gasteiger charge is 1.89. The number of nitrogens with zero attached hydrogens (tertiary/aromatic N) is 1. The van der Waals surface area contributed by atoms with E-state index in [2.05, 4.69) is 8.95 Å². The van der Waals surface area contributed by atoms with E-state index in [4.69, 9.17) is 0 Å². The van der Waals surface area contributed by atoms with Crippen molar-refractivity contribution in [1.29, 1.82) is 0 Å². The molecule has 0 saturated carbocycles. The van der Waals surface area contributed by atoms with Gasteiger partial charge in [-0.15, -0.1) is 0 Å². The molecular formula is H8N2Si4. The molecule has 1 N–H and O–H groups in total. The minimum atomic E-state index is 0.233. The van der Waals surface area contributed by atoms with Crippen LogP contribution in [-0.4, -0.2) is 36.4 Å². The zero-order valence-corrected chi connectivity index (χ0v) is 9.04. The lowest BCUT2D eigenvalue weighted by Crippen LogP contribution is -2.34. The Kier molecular flexibility index (Phi) is 2.18. The van der Waals surface area contributed by atoms with Gasteiger partial charge in [0.1, 0.15) is 18.4 Å². The Morgan fingerprint density at radius 3 is 2.83 bits per heavy atom. The number of rotatable bonds is 0. The Morgan fingerprint density at radius 2 is 2.67 bits per heavy atom. The summed E-state index contributed by atoms with van der Waals surface area (Å²) in [6, 6.07) is 0. The van der Waals surface area contributed by atoms with Gasteiger partial charge in [0, 0.05) is 0 Å². The lowest BCUT2D eigenvalue weighted by Gasteiger charge is -1.98. The second-order valence-electron chi connectivity index (χ2n) is 1.29. The predicted octanol–water partition coefficient (Wildman–Crippen LogP) is -3.71. The number of nitrogens with one attached hydrogen (secondary N) is 1. The summed E-state index contributed by atoms with van der Waals surface area (Å²) in [4.78, 5) is 0. The van der Waals surface area contributed by atoms with E-state index < -0.39 is 0 Å². The first-order chi connectivity index (χ1) is 3.00. The molecule has 1 rings (SSSR count). The van der Waals surface area contributed by atoms with Gasteiger partial charge in [-0.1, -0.05) is 0 Å². The van der Waals surface area contributed by atoms with Crippen LogP contribution in [0.4, 0.5) is 0 Å². The molecule has 0 unspecified atom stereocenters. The number of hydrogen-bond donors (Lipinski definition) is 1. The molecule has 34 valence electrons. The molecule has 1 aliphatic rings. The highest BCUT2D eigenvalue weighted by molar-refractivity contribution is 7.12. The third-order valence-electron chi connectivity index (χ3n) is 0.782. The normalized spacial score (nSPS) is 33.3. The van der Waals surface area contributed by atoms with E-state index in [1.54, 1.807) is 0 Å². The van der Waals surface area contributed by atoms with Crippen LogP contribution in [0.15, 0.2) is 4.30 Å². The molecule has 0 atom stereocenters. The average Bonchev–Trinajstić information content (AvgIpc) is 1.72. The summed E-state index contributed by atoms with van der Waals surface area (Å²) in [6.45, 7) is 0. The van der Waals surface area contributed by atoms with E-state index in [9.17, 15) is 0 Å². The van der Waals surface area contributed by atoms with E-state index >= 15 is 0 Å². The molecule has 0 aliphatic carbocycles. The minimum Gasteiger partial charge on any atom is -0.382 e. The van der Waals surface area contributed by atoms with Gasteiger partial charge in [-0.3, -0.25) is 0 Å². The van der Waals surface area contributed by atoms with Crippen molar-refractivity contribution >= 4 is 36.4 Å². The molecule has 0 saturated heterocycles. The molecule has 6 heteroatoms. The van der Waals surface area contributed by atoms with Gasteiger partial charge in [-0.2, -0.15) is 0 Å². The largest absolute Gasteiger partial charge is 0.382 e. The van der Waals surface area contributed by atoms with Crippen LogP contribution in [0.25, 0.3) is 0 Å². The van der Waals surface area contributed by atoms with Crippen molar-refractivity contribution in [2.45, 2.75) is 0 Å². The van der Waals surface area contributed by atoms with Gasteiger partial charge in [-0.25, -0.2) is 0 Å². The van der Waals surface area contributed by atoms with Crippen LogP contribution in [0.1, 0.15) is 0 Å². The van der Waals surface area contributed by atoms with Gasteiger partial charge in [0.25, 0.3) is 0 Å². The van der Waals surface area contributed by atoms with Gasteiger partial charge in [0.15, 0.2) is 0 Å². The zero-order chi connectivity index (χ0) is 4.24. The second kappa shape index (κ2) is 2.74. The maximum absolute atomic E-state index is 4.46. The maximum atomic E-state index is 4.46. The SMILES string of the molecule is N1=[SiH][SiH2]N[SiH2][SiH2]1. The van der Waals surface area contributed by atoms with Crippen molar-refractivity contribution < 1.29 is 0 Å². The summed E-state index contributed by atoms with van der Waals surface area (Å²) in [5.74, 6) is 0. The summed E-state index contributed by atoms with van der Waals surface area (Å²) in [6.07, 6.45) is 0. The molecule has 0 radical (unpaired) electrons. The Balaban J connectivity index is 2.26. The van der Waals surface area contributed by atoms with Crippen molar-refractivity contribution in [2.24, 2.45) is 4.30 Å². The fourth-order valence-electron chi connectivity index (χ4n) is 0.466. The Labute approximate surface area is 45.9 Å². The quantitative estimate of drug-likeness (QED) is 0.351. The second-order valence-corrected chi connectivity index (χ2v) is 11.6. The van der Waals surface area contributed by atoms with Crippen molar-refractivity contribution in [3.8, 4) is 0 Å². The molecule has 2 nitrogen and oxygen atoms in total. The van der Waals surface area contributed by atoms with Crippen LogP contribution >= 0.6 is 0 Å². The van der Waals surface area contributed by atoms with E-state index in [1.807, 2.05) is 0 Å². The molecule has 0 bridgehead atoms. The minimum absolute atomic E-state index is 0.233. The van der Waals surface area contributed by atoms with E-state index in [1.165, 1.54) is 0 Å². The summed E-state index contributed by atoms with van der Waals surface area (Å²) >= 11 is 0. The first-order valence-electron chi connectivity index (χ1n) is 2.19. The lowest BCUT2D eigenvalue weighted by molar-refractivity contribution is 1.63. The van der Waals surface area contributed by atoms with Crippen molar-refractivity contribution in [3.05, 3.63) is 0 Å². The van der Waals surface area contributed by atoms with Crippen molar-refractivity contribution in [2.75, 3.05) is 0 Å². The first-order valence-corrected chi connectivity index (χ1v) is 12.0. The lowest BCUT2D eigenvalue weighted by atomic mass is 13.9. The summed E-state index contributed by atoms with van der Waals surface area (Å²) in [7, 11) is 1.47. The Hall–Kier alpha value is 0.628. The highest BCUT2D eigenvalue weighted by Crippen LogP contribution is 1.59. The zero-order valence-electron chi connectivity index (χ0n) is 3.65. The highest BCUT2D eigenvalue weighted by atomic mass is 29.2. The molecule has 6 heavy (non-hydrogen) atoms. The molecule has 0 aromatic heterocycles. The van der Waals surface area contributed by atoms with Gasteiger partial charge in [-0.05, 0) is 0 Å². The van der Waals surface area contributed by atoms with Gasteiger partial charge >= 0.3 is 0 Å². The molecule has 0 aromatic rings. The van der Waals surface area contributed by atoms with Crippen molar-refractivity contribution in [1.82, 2.24) is 4.65 Å². The number of hydrogen-bond acceptors (Lipinski definition) is 2. The van der Waals surface area contributed by atoms with Crippen LogP contribution in [0.2, 0.25) is 0 Å². The third-order valence-corrected chi connectivity index (χ3v) is 17.5. The topological polar surface area (TPSA) is 24.4 Å².